The number of hydrogen-bond donors (Lipinski definition) is 2. The zero-order chi connectivity index (χ0) is 12.6. The van der Waals surface area contributed by atoms with Crippen molar-refractivity contribution < 1.29 is 37.9 Å². The van der Waals surface area contributed by atoms with Gasteiger partial charge in [-0.3, -0.25) is 0 Å². The normalized spacial score (nSPS) is 10.0. The Hall–Kier alpha value is -0.216. The van der Waals surface area contributed by atoms with Gasteiger partial charge >= 0.3 is 0 Å². The van der Waals surface area contributed by atoms with Gasteiger partial charge in [-0.25, -0.2) is 5.90 Å². The Morgan fingerprint density at radius 3 is 2.11 bits per heavy atom. The molecule has 0 spiro atoms. The maximum absolute atomic E-state index is 7.37. The van der Waals surface area contributed by atoms with Gasteiger partial charge in [0, 0.05) is 32.7 Å². The molecule has 0 bridgehead atoms. The van der Waals surface area contributed by atoms with E-state index in [2.05, 4.69) is 38.5 Å². The van der Waals surface area contributed by atoms with Gasteiger partial charge in [0.05, 0.1) is 0 Å². The molecule has 101 valence electrons. The fraction of sp³-hybridized carbons (Fsp3) is 0.429. The van der Waals surface area contributed by atoms with E-state index in [9.17, 15) is 0 Å². The number of nitrogens with two attached hydrogens (primary N) is 1. The Morgan fingerprint density at radius 2 is 1.78 bits per heavy atom. The van der Waals surface area contributed by atoms with Gasteiger partial charge in [-0.1, -0.05) is 52.0 Å². The van der Waals surface area contributed by atoms with Crippen LogP contribution >= 0.6 is 0 Å². The molecule has 0 saturated carbocycles. The first-order valence-electron chi connectivity index (χ1n) is 5.39. The molecule has 4 heteroatoms. The quantitative estimate of drug-likeness (QED) is 0.811. The van der Waals surface area contributed by atoms with Gasteiger partial charge < -0.3 is 10.9 Å². The van der Waals surface area contributed by atoms with Gasteiger partial charge in [0.1, 0.15) is 0 Å². The molecule has 18 heavy (non-hydrogen) atoms. The van der Waals surface area contributed by atoms with E-state index in [1.165, 1.54) is 12.0 Å². The average molecular weight is 326 g/mol. The largest absolute Gasteiger partial charge is 0.699 e. The Kier molecular flexibility index (Phi) is 16.8. The third-order valence-corrected chi connectivity index (χ3v) is 2.58. The minimum absolute atomic E-state index is 0. The van der Waals surface area contributed by atoms with E-state index in [0.717, 1.165) is 17.9 Å². The maximum Gasteiger partial charge on any atom is 0 e. The van der Waals surface area contributed by atoms with E-state index in [1.807, 2.05) is 12.1 Å². The molecule has 0 aliphatic rings. The summed E-state index contributed by atoms with van der Waals surface area (Å²) in [5.74, 6) is 4.24. The second-order valence-corrected chi connectivity index (χ2v) is 3.89. The molecule has 1 rings (SSSR count). The standard InChI is InChI=1S/C13H18N.CH4.H3NO.Y/c1-4-10(2)9-12-5-7-13(8-6-12)11(3)14;;1-2;/h5-8,10,14H,3-4,9H2,1-2H3;1H4;2H,1H2;/q-1;;;. The first kappa shape index (κ1) is 22.9. The molecular formula is C14H25N2OY-. The number of nitrogens with one attached hydrogen (secondary N) is 1. The molecule has 0 fully saturated rings. The molecule has 1 aromatic rings. The molecule has 3 nitrogen and oxygen atoms in total. The van der Waals surface area contributed by atoms with E-state index < -0.39 is 0 Å². The van der Waals surface area contributed by atoms with Crippen LogP contribution in [0.4, 0.5) is 0 Å². The summed E-state index contributed by atoms with van der Waals surface area (Å²) in [6.45, 7) is 8.07. The molecule has 0 saturated heterocycles. The van der Waals surface area contributed by atoms with Crippen LogP contribution in [0.3, 0.4) is 0 Å². The van der Waals surface area contributed by atoms with Gasteiger partial charge in [0.15, 0.2) is 0 Å². The second-order valence-electron chi connectivity index (χ2n) is 3.89. The number of rotatable bonds is 4. The van der Waals surface area contributed by atoms with Crippen molar-refractivity contribution in [2.45, 2.75) is 34.1 Å². The van der Waals surface area contributed by atoms with Crippen LogP contribution in [0.15, 0.2) is 30.8 Å². The predicted octanol–water partition coefficient (Wildman–Crippen LogP) is 4.27. The summed E-state index contributed by atoms with van der Waals surface area (Å²) in [4.78, 5) is 0. The Bertz CT molecular complexity index is 312. The van der Waals surface area contributed by atoms with Crippen LogP contribution in [0, 0.1) is 5.92 Å². The summed E-state index contributed by atoms with van der Waals surface area (Å²) >= 11 is 0. The van der Waals surface area contributed by atoms with Crippen molar-refractivity contribution in [2.24, 2.45) is 11.8 Å². The Balaban J connectivity index is -0.000000534. The monoisotopic (exact) mass is 326 g/mol. The molecule has 0 amide bonds. The van der Waals surface area contributed by atoms with Crippen molar-refractivity contribution in [2.75, 3.05) is 0 Å². The number of benzene rings is 1. The van der Waals surface area contributed by atoms with Crippen molar-refractivity contribution >= 4 is 5.70 Å². The molecule has 4 N–H and O–H groups in total. The van der Waals surface area contributed by atoms with E-state index in [0.29, 0.717) is 5.70 Å². The summed E-state index contributed by atoms with van der Waals surface area (Å²) in [5.41, 5.74) is 10.0. The topological polar surface area (TPSA) is 70.0 Å². The van der Waals surface area contributed by atoms with E-state index in [-0.39, 0.29) is 40.1 Å². The molecule has 1 aromatic carbocycles. The van der Waals surface area contributed by atoms with Crippen LogP contribution in [0.2, 0.25) is 0 Å². The first-order chi connectivity index (χ1) is 7.63. The third-order valence-electron chi connectivity index (χ3n) is 2.58. The van der Waals surface area contributed by atoms with Crippen LogP contribution in [0.1, 0.15) is 38.8 Å². The zero-order valence-corrected chi connectivity index (χ0v) is 13.4. The van der Waals surface area contributed by atoms with Gasteiger partial charge in [-0.2, -0.15) is 0 Å². The fourth-order valence-corrected chi connectivity index (χ4v) is 1.39. The van der Waals surface area contributed by atoms with Gasteiger partial charge in [0.25, 0.3) is 0 Å². The molecule has 0 heterocycles. The van der Waals surface area contributed by atoms with Crippen molar-refractivity contribution in [3.05, 3.63) is 47.7 Å². The van der Waals surface area contributed by atoms with Gasteiger partial charge in [-0.05, 0) is 23.5 Å². The van der Waals surface area contributed by atoms with Crippen LogP contribution in [0.25, 0.3) is 11.4 Å². The van der Waals surface area contributed by atoms with E-state index in [1.54, 1.807) is 0 Å². The van der Waals surface area contributed by atoms with Crippen LogP contribution in [-0.4, -0.2) is 5.21 Å². The first-order valence-corrected chi connectivity index (χ1v) is 5.39. The van der Waals surface area contributed by atoms with Crippen LogP contribution in [0.5, 0.6) is 0 Å². The molecule has 1 atom stereocenters. The Morgan fingerprint density at radius 1 is 1.33 bits per heavy atom. The number of hydrogen-bond acceptors (Lipinski definition) is 2. The summed E-state index contributed by atoms with van der Waals surface area (Å²) in [5, 5.41) is 6.50. The molecule has 0 aliphatic carbocycles. The van der Waals surface area contributed by atoms with Crippen LogP contribution < -0.4 is 5.90 Å². The van der Waals surface area contributed by atoms with Crippen molar-refractivity contribution in [3.63, 3.8) is 0 Å². The van der Waals surface area contributed by atoms with Crippen LogP contribution in [-0.2, 0) is 39.1 Å². The summed E-state index contributed by atoms with van der Waals surface area (Å²) in [7, 11) is 0. The molecule has 0 aromatic heterocycles. The maximum atomic E-state index is 7.37. The summed E-state index contributed by atoms with van der Waals surface area (Å²) < 4.78 is 0. The van der Waals surface area contributed by atoms with Gasteiger partial charge in [-0.15, -0.1) is 12.3 Å². The third kappa shape index (κ3) is 8.81. The molecule has 0 aliphatic heterocycles. The van der Waals surface area contributed by atoms with E-state index in [4.69, 9.17) is 10.9 Å². The molecule has 1 radical (unpaired) electrons. The molecular weight excluding hydrogens is 301 g/mol. The average Bonchev–Trinajstić information content (AvgIpc) is 2.32. The van der Waals surface area contributed by atoms with E-state index >= 15 is 0 Å². The van der Waals surface area contributed by atoms with Crippen molar-refractivity contribution in [1.29, 1.82) is 0 Å². The minimum atomic E-state index is 0. The smallest absolute Gasteiger partial charge is 0 e. The Labute approximate surface area is 136 Å². The zero-order valence-electron chi connectivity index (χ0n) is 10.6. The second kappa shape index (κ2) is 13.2. The van der Waals surface area contributed by atoms with Gasteiger partial charge in [0.2, 0.25) is 0 Å². The minimum Gasteiger partial charge on any atom is -0.699 e. The van der Waals surface area contributed by atoms with Crippen molar-refractivity contribution in [1.82, 2.24) is 0 Å². The fourth-order valence-electron chi connectivity index (χ4n) is 1.39. The molecule has 1 unspecified atom stereocenters. The summed E-state index contributed by atoms with van der Waals surface area (Å²) in [6, 6.07) is 8.16. The summed E-state index contributed by atoms with van der Waals surface area (Å²) in [6.07, 6.45) is 2.34. The van der Waals surface area contributed by atoms with Crippen molar-refractivity contribution in [3.8, 4) is 0 Å². The predicted molar refractivity (Wildman–Crippen MR) is 75.7 cm³/mol. The SMILES string of the molecule is C.C=C([NH-])c1ccc(CC(C)CC)cc1.NO.[Y].